The highest BCUT2D eigenvalue weighted by molar-refractivity contribution is 7.99. The second-order valence-corrected chi connectivity index (χ2v) is 5.55. The van der Waals surface area contributed by atoms with Crippen LogP contribution in [0.5, 0.6) is 5.75 Å². The average Bonchev–Trinajstić information content (AvgIpc) is 2.61. The van der Waals surface area contributed by atoms with Gasteiger partial charge in [0.25, 0.3) is 0 Å². The lowest BCUT2D eigenvalue weighted by Crippen LogP contribution is -2.31. The minimum absolute atomic E-state index is 0.0758. The summed E-state index contributed by atoms with van der Waals surface area (Å²) in [6.45, 7) is 2.00. The van der Waals surface area contributed by atoms with Crippen molar-refractivity contribution in [2.24, 2.45) is 0 Å². The highest BCUT2D eigenvalue weighted by atomic mass is 32.2. The lowest BCUT2D eigenvalue weighted by atomic mass is 10.1. The van der Waals surface area contributed by atoms with Gasteiger partial charge in [-0.05, 0) is 36.9 Å². The van der Waals surface area contributed by atoms with Crippen molar-refractivity contribution in [2.75, 3.05) is 31.1 Å². The van der Waals surface area contributed by atoms with Crippen LogP contribution in [0.1, 0.15) is 16.8 Å². The Balaban J connectivity index is 2.04. The average molecular weight is 269 g/mol. The van der Waals surface area contributed by atoms with Crippen LogP contribution < -0.4 is 0 Å². The van der Waals surface area contributed by atoms with Crippen molar-refractivity contribution in [2.45, 2.75) is 6.42 Å². The third kappa shape index (κ3) is 3.46. The van der Waals surface area contributed by atoms with Gasteiger partial charge in [0, 0.05) is 12.3 Å². The molecule has 1 N–H and O–H groups in total. The molecule has 3 nitrogen and oxygen atoms in total. The number of phenolic OH excluding ortho intramolecular Hbond substituents is 1. The third-order valence-corrected chi connectivity index (χ3v) is 3.99. The molecule has 0 atom stereocenters. The predicted octanol–water partition coefficient (Wildman–Crippen LogP) is 2.15. The number of hydrogen-bond acceptors (Lipinski definition) is 4. The predicted molar refractivity (Wildman–Crippen MR) is 70.8 cm³/mol. The van der Waals surface area contributed by atoms with Gasteiger partial charge in [0.2, 0.25) is 0 Å². The third-order valence-electron chi connectivity index (χ3n) is 2.94. The summed E-state index contributed by atoms with van der Waals surface area (Å²) >= 11 is 1.89. The van der Waals surface area contributed by atoms with Crippen molar-refractivity contribution in [3.05, 3.63) is 29.6 Å². The number of nitrogens with zero attached hydrogens (tertiary/aromatic N) is 1. The lowest BCUT2D eigenvalue weighted by Gasteiger charge is -2.18. The number of carbonyl (C=O) groups excluding carboxylic acids is 1. The Kier molecular flexibility index (Phi) is 4.60. The number of Topliss-reactive ketones (excluding diaryl/α,β-unsaturated/α-hetero) is 1. The molecule has 1 aromatic rings. The maximum atomic E-state index is 13.1. The number of hydrogen-bond donors (Lipinski definition) is 1. The summed E-state index contributed by atoms with van der Waals surface area (Å²) < 4.78 is 13.1. The normalized spacial score (nSPS) is 17.4. The van der Waals surface area contributed by atoms with Crippen molar-refractivity contribution in [1.29, 1.82) is 0 Å². The van der Waals surface area contributed by atoms with E-state index in [4.69, 9.17) is 0 Å². The Morgan fingerprint density at radius 1 is 1.39 bits per heavy atom. The standard InChI is InChI=1S/C13H16FNO2S/c14-10-2-3-12(16)11(8-10)13(17)9-15-4-1-6-18-7-5-15/h2-3,8,16H,1,4-7,9H2. The molecular weight excluding hydrogens is 253 g/mol. The first-order valence-electron chi connectivity index (χ1n) is 5.98. The van der Waals surface area contributed by atoms with Crippen LogP contribution >= 0.6 is 11.8 Å². The number of carbonyl (C=O) groups is 1. The van der Waals surface area contributed by atoms with Crippen molar-refractivity contribution < 1.29 is 14.3 Å². The number of thioether (sulfide) groups is 1. The number of benzene rings is 1. The molecular formula is C13H16FNO2S. The van der Waals surface area contributed by atoms with E-state index in [2.05, 4.69) is 4.90 Å². The molecule has 0 aromatic heterocycles. The summed E-state index contributed by atoms with van der Waals surface area (Å²) in [5.74, 6) is 1.27. The zero-order valence-electron chi connectivity index (χ0n) is 10.1. The van der Waals surface area contributed by atoms with E-state index in [1.807, 2.05) is 11.8 Å². The smallest absolute Gasteiger partial charge is 0.180 e. The fourth-order valence-electron chi connectivity index (χ4n) is 1.98. The molecule has 0 spiro atoms. The van der Waals surface area contributed by atoms with Gasteiger partial charge in [-0.3, -0.25) is 9.69 Å². The quantitative estimate of drug-likeness (QED) is 0.854. The van der Waals surface area contributed by atoms with Crippen LogP contribution in [0.2, 0.25) is 0 Å². The van der Waals surface area contributed by atoms with Crippen LogP contribution in [0.4, 0.5) is 4.39 Å². The summed E-state index contributed by atoms with van der Waals surface area (Å²) in [5, 5.41) is 9.58. The van der Waals surface area contributed by atoms with Crippen LogP contribution in [0, 0.1) is 5.82 Å². The Morgan fingerprint density at radius 3 is 3.06 bits per heavy atom. The lowest BCUT2D eigenvalue weighted by molar-refractivity contribution is 0.0932. The monoisotopic (exact) mass is 269 g/mol. The topological polar surface area (TPSA) is 40.5 Å². The van der Waals surface area contributed by atoms with E-state index in [0.29, 0.717) is 0 Å². The molecule has 1 aromatic carbocycles. The Hall–Kier alpha value is -1.07. The van der Waals surface area contributed by atoms with Gasteiger partial charge in [0.05, 0.1) is 12.1 Å². The van der Waals surface area contributed by atoms with Gasteiger partial charge in [0.15, 0.2) is 5.78 Å². The SMILES string of the molecule is O=C(CN1CCCSCC1)c1cc(F)ccc1O. The molecule has 1 fully saturated rings. The second kappa shape index (κ2) is 6.20. The van der Waals surface area contributed by atoms with Gasteiger partial charge >= 0.3 is 0 Å². The molecule has 0 amide bonds. The van der Waals surface area contributed by atoms with E-state index in [0.717, 1.165) is 43.1 Å². The largest absolute Gasteiger partial charge is 0.507 e. The molecule has 1 saturated heterocycles. The van der Waals surface area contributed by atoms with E-state index >= 15 is 0 Å². The maximum absolute atomic E-state index is 13.1. The first-order valence-corrected chi connectivity index (χ1v) is 7.14. The van der Waals surface area contributed by atoms with Crippen LogP contribution in [0.25, 0.3) is 0 Å². The van der Waals surface area contributed by atoms with Crippen molar-refractivity contribution in [3.8, 4) is 5.75 Å². The molecule has 1 aliphatic heterocycles. The van der Waals surface area contributed by atoms with Crippen LogP contribution in [0.15, 0.2) is 18.2 Å². The molecule has 18 heavy (non-hydrogen) atoms. The molecule has 1 heterocycles. The fourth-order valence-corrected chi connectivity index (χ4v) is 2.90. The van der Waals surface area contributed by atoms with Gasteiger partial charge in [0.1, 0.15) is 11.6 Å². The summed E-state index contributed by atoms with van der Waals surface area (Å²) in [5.41, 5.74) is 0.0758. The Bertz CT molecular complexity index is 431. The fraction of sp³-hybridized carbons (Fsp3) is 0.462. The second-order valence-electron chi connectivity index (χ2n) is 4.33. The number of halogens is 1. The highest BCUT2D eigenvalue weighted by Gasteiger charge is 2.17. The molecule has 2 rings (SSSR count). The van der Waals surface area contributed by atoms with Crippen LogP contribution in [-0.2, 0) is 0 Å². The number of ketones is 1. The van der Waals surface area contributed by atoms with Gasteiger partial charge in [-0.15, -0.1) is 0 Å². The van der Waals surface area contributed by atoms with Gasteiger partial charge in [-0.2, -0.15) is 11.8 Å². The van der Waals surface area contributed by atoms with E-state index in [1.54, 1.807) is 0 Å². The maximum Gasteiger partial charge on any atom is 0.180 e. The molecule has 0 bridgehead atoms. The molecule has 98 valence electrons. The summed E-state index contributed by atoms with van der Waals surface area (Å²) in [7, 11) is 0. The molecule has 5 heteroatoms. The van der Waals surface area contributed by atoms with Crippen molar-refractivity contribution >= 4 is 17.5 Å². The highest BCUT2D eigenvalue weighted by Crippen LogP contribution is 2.19. The molecule has 0 saturated carbocycles. The van der Waals surface area contributed by atoms with Crippen LogP contribution in [0.3, 0.4) is 0 Å². The van der Waals surface area contributed by atoms with Gasteiger partial charge in [-0.25, -0.2) is 4.39 Å². The first kappa shape index (κ1) is 13.4. The zero-order valence-corrected chi connectivity index (χ0v) is 10.9. The van der Waals surface area contributed by atoms with Gasteiger partial charge < -0.3 is 5.11 Å². The molecule has 0 unspecified atom stereocenters. The summed E-state index contributed by atoms with van der Waals surface area (Å²) in [6, 6.07) is 3.47. The van der Waals surface area contributed by atoms with Crippen molar-refractivity contribution in [3.63, 3.8) is 0 Å². The molecule has 0 aliphatic carbocycles. The van der Waals surface area contributed by atoms with E-state index < -0.39 is 5.82 Å². The van der Waals surface area contributed by atoms with E-state index in [9.17, 15) is 14.3 Å². The first-order chi connectivity index (χ1) is 8.66. The zero-order chi connectivity index (χ0) is 13.0. The van der Waals surface area contributed by atoms with E-state index in [-0.39, 0.29) is 23.6 Å². The van der Waals surface area contributed by atoms with Gasteiger partial charge in [-0.1, -0.05) is 0 Å². The summed E-state index contributed by atoms with van der Waals surface area (Å²) in [4.78, 5) is 14.1. The minimum atomic E-state index is -0.498. The minimum Gasteiger partial charge on any atom is -0.507 e. The van der Waals surface area contributed by atoms with Crippen molar-refractivity contribution in [1.82, 2.24) is 4.90 Å². The van der Waals surface area contributed by atoms with E-state index in [1.165, 1.54) is 6.07 Å². The Labute approximate surface area is 110 Å². The summed E-state index contributed by atoms with van der Waals surface area (Å²) in [6.07, 6.45) is 1.06. The van der Waals surface area contributed by atoms with Crippen LogP contribution in [-0.4, -0.2) is 46.9 Å². The number of rotatable bonds is 3. The molecule has 0 radical (unpaired) electrons. The number of phenols is 1. The number of aromatic hydroxyl groups is 1. The molecule has 1 aliphatic rings. The Morgan fingerprint density at radius 2 is 2.22 bits per heavy atom.